The van der Waals surface area contributed by atoms with Gasteiger partial charge in [0, 0.05) is 11.6 Å². The maximum absolute atomic E-state index is 11.4. The van der Waals surface area contributed by atoms with Gasteiger partial charge in [0.15, 0.2) is 0 Å². The highest BCUT2D eigenvalue weighted by Gasteiger charge is 2.10. The monoisotopic (exact) mass is 268 g/mol. The van der Waals surface area contributed by atoms with Gasteiger partial charge in [-0.25, -0.2) is 0 Å². The van der Waals surface area contributed by atoms with E-state index >= 15 is 0 Å². The van der Waals surface area contributed by atoms with Gasteiger partial charge < -0.3 is 14.2 Å². The van der Waals surface area contributed by atoms with Gasteiger partial charge in [-0.3, -0.25) is 4.79 Å². The van der Waals surface area contributed by atoms with Crippen molar-refractivity contribution in [2.45, 2.75) is 34.1 Å². The molecule has 0 aliphatic heterocycles. The molecule has 108 valence electrons. The third-order valence-electron chi connectivity index (χ3n) is 2.21. The van der Waals surface area contributed by atoms with Crippen LogP contribution in [-0.2, 0) is 16.0 Å². The first kappa shape index (κ1) is 17.3. The van der Waals surface area contributed by atoms with Gasteiger partial charge in [-0.15, -0.1) is 0 Å². The van der Waals surface area contributed by atoms with Crippen LogP contribution in [0, 0.1) is 0 Å². The van der Waals surface area contributed by atoms with Crippen molar-refractivity contribution in [3.8, 4) is 11.5 Å². The number of esters is 1. The van der Waals surface area contributed by atoms with Crippen molar-refractivity contribution in [1.29, 1.82) is 0 Å². The molecule has 0 amide bonds. The fraction of sp³-hybridized carbons (Fsp3) is 0.533. The summed E-state index contributed by atoms with van der Waals surface area (Å²) in [6, 6.07) is 5.40. The molecule has 4 nitrogen and oxygen atoms in total. The summed E-state index contributed by atoms with van der Waals surface area (Å²) in [5.74, 6) is 1.12. The second-order valence-electron chi connectivity index (χ2n) is 3.39. The largest absolute Gasteiger partial charge is 0.497 e. The van der Waals surface area contributed by atoms with Crippen LogP contribution in [0.3, 0.4) is 0 Å². The summed E-state index contributed by atoms with van der Waals surface area (Å²) in [5, 5.41) is 0. The number of hydrogen-bond donors (Lipinski definition) is 0. The van der Waals surface area contributed by atoms with Crippen molar-refractivity contribution in [2.75, 3.05) is 20.3 Å². The number of ether oxygens (including phenoxy) is 3. The molecule has 0 aliphatic rings. The molecule has 1 aromatic carbocycles. The van der Waals surface area contributed by atoms with Crippen LogP contribution in [0.1, 0.15) is 33.3 Å². The predicted octanol–water partition coefficient (Wildman–Crippen LogP) is 3.23. The van der Waals surface area contributed by atoms with E-state index in [-0.39, 0.29) is 12.4 Å². The topological polar surface area (TPSA) is 44.8 Å². The first-order valence-corrected chi connectivity index (χ1v) is 6.66. The van der Waals surface area contributed by atoms with Crippen molar-refractivity contribution < 1.29 is 19.0 Å². The zero-order valence-electron chi connectivity index (χ0n) is 12.5. The van der Waals surface area contributed by atoms with Crippen LogP contribution in [-0.4, -0.2) is 26.3 Å². The second kappa shape index (κ2) is 10.2. The first-order chi connectivity index (χ1) is 9.21. The molecule has 0 saturated carbocycles. The Hall–Kier alpha value is -1.71. The molecule has 1 rings (SSSR count). The molecule has 0 atom stereocenters. The lowest BCUT2D eigenvalue weighted by molar-refractivity contribution is -0.142. The Morgan fingerprint density at radius 1 is 1.16 bits per heavy atom. The van der Waals surface area contributed by atoms with E-state index in [1.165, 1.54) is 0 Å². The normalized spacial score (nSPS) is 9.11. The lowest BCUT2D eigenvalue weighted by atomic mass is 10.1. The van der Waals surface area contributed by atoms with Crippen LogP contribution < -0.4 is 9.47 Å². The SMILES string of the molecule is CC.CCOC(=O)Cc1ccc(OC)cc1OCC. The summed E-state index contributed by atoms with van der Waals surface area (Å²) >= 11 is 0. The van der Waals surface area contributed by atoms with Gasteiger partial charge in [0.2, 0.25) is 0 Å². The molecule has 0 spiro atoms. The number of carbonyl (C=O) groups excluding carboxylic acids is 1. The second-order valence-corrected chi connectivity index (χ2v) is 3.39. The summed E-state index contributed by atoms with van der Waals surface area (Å²) < 4.78 is 15.5. The first-order valence-electron chi connectivity index (χ1n) is 6.66. The van der Waals surface area contributed by atoms with Crippen molar-refractivity contribution in [3.05, 3.63) is 23.8 Å². The molecular formula is C15H24O4. The molecule has 0 radical (unpaired) electrons. The third kappa shape index (κ3) is 6.13. The predicted molar refractivity (Wildman–Crippen MR) is 75.8 cm³/mol. The summed E-state index contributed by atoms with van der Waals surface area (Å²) in [4.78, 5) is 11.4. The van der Waals surface area contributed by atoms with E-state index in [1.54, 1.807) is 26.2 Å². The van der Waals surface area contributed by atoms with E-state index < -0.39 is 0 Å². The molecule has 1 aromatic rings. The van der Waals surface area contributed by atoms with Crippen LogP contribution in [0.4, 0.5) is 0 Å². The Bertz CT molecular complexity index is 374. The summed E-state index contributed by atoms with van der Waals surface area (Å²) in [6.07, 6.45) is 0.215. The van der Waals surface area contributed by atoms with E-state index in [9.17, 15) is 4.79 Å². The molecule has 0 saturated heterocycles. The Labute approximate surface area is 115 Å². The molecule has 19 heavy (non-hydrogen) atoms. The summed E-state index contributed by atoms with van der Waals surface area (Å²) in [7, 11) is 1.59. The fourth-order valence-electron chi connectivity index (χ4n) is 1.47. The van der Waals surface area contributed by atoms with E-state index in [0.717, 1.165) is 5.56 Å². The average Bonchev–Trinajstić information content (AvgIpc) is 2.43. The number of carbonyl (C=O) groups is 1. The average molecular weight is 268 g/mol. The Morgan fingerprint density at radius 3 is 2.37 bits per heavy atom. The number of rotatable bonds is 6. The standard InChI is InChI=1S/C13H18O4.C2H6/c1-4-16-12-9-11(15-3)7-6-10(12)8-13(14)17-5-2;1-2/h6-7,9H,4-5,8H2,1-3H3;1-2H3. The van der Waals surface area contributed by atoms with E-state index in [4.69, 9.17) is 14.2 Å². The van der Waals surface area contributed by atoms with E-state index in [0.29, 0.717) is 24.7 Å². The van der Waals surface area contributed by atoms with Gasteiger partial charge in [-0.2, -0.15) is 0 Å². The van der Waals surface area contributed by atoms with E-state index in [1.807, 2.05) is 26.8 Å². The van der Waals surface area contributed by atoms with Gasteiger partial charge in [0.05, 0.1) is 26.7 Å². The lowest BCUT2D eigenvalue weighted by Crippen LogP contribution is -2.09. The highest BCUT2D eigenvalue weighted by molar-refractivity contribution is 5.73. The number of benzene rings is 1. The van der Waals surface area contributed by atoms with Gasteiger partial charge in [-0.05, 0) is 19.9 Å². The minimum Gasteiger partial charge on any atom is -0.497 e. The highest BCUT2D eigenvalue weighted by Crippen LogP contribution is 2.25. The Morgan fingerprint density at radius 2 is 1.84 bits per heavy atom. The van der Waals surface area contributed by atoms with Crippen LogP contribution in [0.2, 0.25) is 0 Å². The van der Waals surface area contributed by atoms with Crippen molar-refractivity contribution in [2.24, 2.45) is 0 Å². The van der Waals surface area contributed by atoms with Crippen LogP contribution in [0.5, 0.6) is 11.5 Å². The third-order valence-corrected chi connectivity index (χ3v) is 2.21. The molecule has 0 unspecified atom stereocenters. The van der Waals surface area contributed by atoms with Gasteiger partial charge in [0.1, 0.15) is 11.5 Å². The molecule has 0 aliphatic carbocycles. The molecule has 0 bridgehead atoms. The minimum atomic E-state index is -0.251. The maximum Gasteiger partial charge on any atom is 0.310 e. The molecular weight excluding hydrogens is 244 g/mol. The number of methoxy groups -OCH3 is 1. The molecule has 4 heteroatoms. The molecule has 0 aromatic heterocycles. The zero-order chi connectivity index (χ0) is 14.7. The van der Waals surface area contributed by atoms with Crippen molar-refractivity contribution in [1.82, 2.24) is 0 Å². The smallest absolute Gasteiger partial charge is 0.310 e. The van der Waals surface area contributed by atoms with Crippen LogP contribution in [0.25, 0.3) is 0 Å². The maximum atomic E-state index is 11.4. The molecule has 0 heterocycles. The Kier molecular flexibility index (Phi) is 9.31. The molecule has 0 N–H and O–H groups in total. The fourth-order valence-corrected chi connectivity index (χ4v) is 1.47. The van der Waals surface area contributed by atoms with E-state index in [2.05, 4.69) is 0 Å². The van der Waals surface area contributed by atoms with Gasteiger partial charge in [0.25, 0.3) is 0 Å². The lowest BCUT2D eigenvalue weighted by Gasteiger charge is -2.11. The summed E-state index contributed by atoms with van der Waals surface area (Å²) in [6.45, 7) is 8.62. The van der Waals surface area contributed by atoms with Crippen molar-refractivity contribution >= 4 is 5.97 Å². The number of hydrogen-bond acceptors (Lipinski definition) is 4. The summed E-state index contributed by atoms with van der Waals surface area (Å²) in [5.41, 5.74) is 0.811. The van der Waals surface area contributed by atoms with Gasteiger partial charge in [-0.1, -0.05) is 19.9 Å². The Balaban J connectivity index is 0.00000154. The van der Waals surface area contributed by atoms with Crippen LogP contribution >= 0.6 is 0 Å². The zero-order valence-corrected chi connectivity index (χ0v) is 12.5. The van der Waals surface area contributed by atoms with Crippen LogP contribution in [0.15, 0.2) is 18.2 Å². The highest BCUT2D eigenvalue weighted by atomic mass is 16.5. The minimum absolute atomic E-state index is 0.215. The van der Waals surface area contributed by atoms with Gasteiger partial charge >= 0.3 is 5.97 Å². The molecule has 0 fully saturated rings. The quantitative estimate of drug-likeness (QED) is 0.743. The van der Waals surface area contributed by atoms with Crippen molar-refractivity contribution in [3.63, 3.8) is 0 Å².